The first-order valence-electron chi connectivity index (χ1n) is 6.53. The Labute approximate surface area is 121 Å². The molecule has 0 aromatic heterocycles. The van der Waals surface area contributed by atoms with Crippen LogP contribution in [-0.4, -0.2) is 23.1 Å². The number of carboxylic acid groups (broad SMARTS) is 1. The molecule has 0 bridgehead atoms. The summed E-state index contributed by atoms with van der Waals surface area (Å²) in [5.74, 6) is -0.516. The van der Waals surface area contributed by atoms with Crippen LogP contribution in [-0.2, 0) is 11.3 Å². The smallest absolute Gasteiger partial charge is 0.335 e. The van der Waals surface area contributed by atoms with E-state index in [4.69, 9.17) is 14.5 Å². The van der Waals surface area contributed by atoms with E-state index in [9.17, 15) is 9.90 Å². The third-order valence-electron chi connectivity index (χ3n) is 3.47. The van der Waals surface area contributed by atoms with Crippen LogP contribution < -0.4 is 10.2 Å². The van der Waals surface area contributed by atoms with Crippen LogP contribution in [0.25, 0.3) is 0 Å². The molecule has 21 heavy (non-hydrogen) atoms. The summed E-state index contributed by atoms with van der Waals surface area (Å²) in [4.78, 5) is 10.8. The van der Waals surface area contributed by atoms with Gasteiger partial charge in [0.1, 0.15) is 5.75 Å². The lowest BCUT2D eigenvalue weighted by molar-refractivity contribution is 0.0696. The van der Waals surface area contributed by atoms with Gasteiger partial charge in [0.15, 0.2) is 11.5 Å². The molecule has 0 atom stereocenters. The fraction of sp³-hybridized carbons (Fsp3) is 0.133. The molecule has 3 rings (SSSR count). The van der Waals surface area contributed by atoms with E-state index in [2.05, 4.69) is 0 Å². The minimum absolute atomic E-state index is 0.0102. The molecule has 106 valence electrons. The number of aromatic hydroxyl groups is 1. The van der Waals surface area contributed by atoms with Gasteiger partial charge in [0.05, 0.1) is 12.2 Å². The summed E-state index contributed by atoms with van der Waals surface area (Å²) in [6.45, 7) is 2.61. The molecule has 0 fully saturated rings. The minimum Gasteiger partial charge on any atom is -0.504 e. The summed E-state index contributed by atoms with van der Waals surface area (Å²) >= 11 is 0. The highest BCUT2D eigenvalue weighted by molar-refractivity contribution is 6.67. The van der Waals surface area contributed by atoms with Crippen molar-refractivity contribution in [3.05, 3.63) is 47.5 Å². The van der Waals surface area contributed by atoms with Crippen molar-refractivity contribution in [2.45, 2.75) is 13.4 Å². The number of carbonyl (C=O) groups is 1. The van der Waals surface area contributed by atoms with Gasteiger partial charge in [-0.05, 0) is 41.4 Å². The monoisotopic (exact) mass is 284 g/mol. The summed E-state index contributed by atoms with van der Waals surface area (Å²) < 4.78 is 11.1. The van der Waals surface area contributed by atoms with E-state index >= 15 is 0 Å². The highest BCUT2D eigenvalue weighted by atomic mass is 16.5. The maximum absolute atomic E-state index is 10.8. The molecule has 2 aromatic carbocycles. The van der Waals surface area contributed by atoms with Crippen molar-refractivity contribution >= 4 is 18.3 Å². The van der Waals surface area contributed by atoms with Gasteiger partial charge in [-0.25, -0.2) is 4.79 Å². The number of rotatable bonds is 3. The zero-order valence-electron chi connectivity index (χ0n) is 11.4. The molecule has 2 aromatic rings. The molecule has 0 saturated carbocycles. The minimum atomic E-state index is -1.10. The summed E-state index contributed by atoms with van der Waals surface area (Å²) in [6, 6.07) is 9.58. The van der Waals surface area contributed by atoms with E-state index < -0.39 is 5.97 Å². The molecule has 0 radical (unpaired) electrons. The number of phenols is 1. The summed E-state index contributed by atoms with van der Waals surface area (Å²) in [7, 11) is 0. The molecule has 0 saturated heterocycles. The van der Waals surface area contributed by atoms with E-state index in [1.54, 1.807) is 6.07 Å². The average molecular weight is 284 g/mol. The van der Waals surface area contributed by atoms with Crippen LogP contribution in [0.15, 0.2) is 36.4 Å². The standard InChI is InChI=1S/C15H13BO5/c1-16-12-4-3-11(6-10(12)8-20-16)21-14-5-2-9(15(18)19)7-13(14)17/h2-7,17H,8H2,1H3,(H,18,19). The number of ether oxygens (including phenoxy) is 1. The van der Waals surface area contributed by atoms with Crippen molar-refractivity contribution in [2.24, 2.45) is 0 Å². The second-order valence-electron chi connectivity index (χ2n) is 4.90. The number of carboxylic acids is 1. The number of aromatic carboxylic acids is 1. The van der Waals surface area contributed by atoms with Crippen molar-refractivity contribution < 1.29 is 24.4 Å². The summed E-state index contributed by atoms with van der Waals surface area (Å²) in [5.41, 5.74) is 2.20. The highest BCUT2D eigenvalue weighted by Crippen LogP contribution is 2.32. The van der Waals surface area contributed by atoms with E-state index in [0.717, 1.165) is 17.1 Å². The van der Waals surface area contributed by atoms with Crippen LogP contribution >= 0.6 is 0 Å². The topological polar surface area (TPSA) is 76.0 Å². The Morgan fingerprint density at radius 1 is 1.29 bits per heavy atom. The predicted octanol–water partition coefficient (Wildman–Crippen LogP) is 2.24. The zero-order valence-corrected chi connectivity index (χ0v) is 11.4. The maximum Gasteiger partial charge on any atom is 0.335 e. The van der Waals surface area contributed by atoms with E-state index in [-0.39, 0.29) is 24.0 Å². The molecular weight excluding hydrogens is 271 g/mol. The van der Waals surface area contributed by atoms with Crippen molar-refractivity contribution in [1.82, 2.24) is 0 Å². The first-order valence-corrected chi connectivity index (χ1v) is 6.53. The Morgan fingerprint density at radius 2 is 2.10 bits per heavy atom. The lowest BCUT2D eigenvalue weighted by Crippen LogP contribution is -2.23. The SMILES string of the molecule is CB1OCc2cc(Oc3ccc(C(=O)O)cc3O)ccc21. The predicted molar refractivity (Wildman–Crippen MR) is 77.6 cm³/mol. The Balaban J connectivity index is 1.86. The van der Waals surface area contributed by atoms with Gasteiger partial charge in [0.2, 0.25) is 0 Å². The van der Waals surface area contributed by atoms with Gasteiger partial charge in [-0.15, -0.1) is 0 Å². The summed E-state index contributed by atoms with van der Waals surface area (Å²) in [5, 5.41) is 18.7. The van der Waals surface area contributed by atoms with Crippen LogP contribution in [0.1, 0.15) is 15.9 Å². The molecule has 0 amide bonds. The maximum atomic E-state index is 10.8. The normalized spacial score (nSPS) is 13.1. The van der Waals surface area contributed by atoms with Gasteiger partial charge < -0.3 is 19.6 Å². The van der Waals surface area contributed by atoms with Crippen LogP contribution in [0.5, 0.6) is 17.2 Å². The molecule has 0 spiro atoms. The molecule has 2 N–H and O–H groups in total. The molecule has 6 heteroatoms. The second-order valence-corrected chi connectivity index (χ2v) is 4.90. The van der Waals surface area contributed by atoms with Gasteiger partial charge in [0.25, 0.3) is 0 Å². The van der Waals surface area contributed by atoms with E-state index in [0.29, 0.717) is 12.4 Å². The number of hydrogen-bond donors (Lipinski definition) is 2. The zero-order chi connectivity index (χ0) is 15.0. The van der Waals surface area contributed by atoms with E-state index in [1.807, 2.05) is 19.0 Å². The van der Waals surface area contributed by atoms with Gasteiger partial charge in [-0.1, -0.05) is 12.9 Å². The molecule has 0 unspecified atom stereocenters. The number of benzene rings is 2. The third kappa shape index (κ3) is 2.58. The Morgan fingerprint density at radius 3 is 2.81 bits per heavy atom. The Bertz CT molecular complexity index is 713. The molecular formula is C15H13BO5. The largest absolute Gasteiger partial charge is 0.504 e. The molecule has 1 aliphatic heterocycles. The van der Waals surface area contributed by atoms with E-state index in [1.165, 1.54) is 12.1 Å². The first kappa shape index (κ1) is 13.5. The number of phenolic OH excluding ortho intramolecular Hbond substituents is 1. The van der Waals surface area contributed by atoms with Crippen molar-refractivity contribution in [3.63, 3.8) is 0 Å². The van der Waals surface area contributed by atoms with Crippen molar-refractivity contribution in [3.8, 4) is 17.2 Å². The first-order chi connectivity index (χ1) is 10.0. The number of hydrogen-bond acceptors (Lipinski definition) is 4. The summed E-state index contributed by atoms with van der Waals surface area (Å²) in [6.07, 6.45) is 0. The van der Waals surface area contributed by atoms with Gasteiger partial charge in [-0.2, -0.15) is 0 Å². The fourth-order valence-electron chi connectivity index (χ4n) is 2.34. The molecule has 0 aliphatic carbocycles. The van der Waals surface area contributed by atoms with Crippen LogP contribution in [0.4, 0.5) is 0 Å². The molecule has 5 nitrogen and oxygen atoms in total. The van der Waals surface area contributed by atoms with Gasteiger partial charge >= 0.3 is 12.9 Å². The lowest BCUT2D eigenvalue weighted by Gasteiger charge is -2.09. The second kappa shape index (κ2) is 5.14. The van der Waals surface area contributed by atoms with Crippen molar-refractivity contribution in [2.75, 3.05) is 0 Å². The quantitative estimate of drug-likeness (QED) is 0.845. The van der Waals surface area contributed by atoms with Crippen LogP contribution in [0.3, 0.4) is 0 Å². The fourth-order valence-corrected chi connectivity index (χ4v) is 2.34. The van der Waals surface area contributed by atoms with Gasteiger partial charge in [0, 0.05) is 0 Å². The molecule has 1 aliphatic rings. The molecule has 1 heterocycles. The van der Waals surface area contributed by atoms with Gasteiger partial charge in [-0.3, -0.25) is 0 Å². The highest BCUT2D eigenvalue weighted by Gasteiger charge is 2.23. The van der Waals surface area contributed by atoms with Crippen LogP contribution in [0, 0.1) is 0 Å². The Kier molecular flexibility index (Phi) is 3.31. The van der Waals surface area contributed by atoms with Crippen molar-refractivity contribution in [1.29, 1.82) is 0 Å². The Hall–Kier alpha value is -2.47. The third-order valence-corrected chi connectivity index (χ3v) is 3.47. The lowest BCUT2D eigenvalue weighted by atomic mass is 9.64. The van der Waals surface area contributed by atoms with Crippen LogP contribution in [0.2, 0.25) is 6.82 Å². The average Bonchev–Trinajstić information content (AvgIpc) is 2.82. The number of fused-ring (bicyclic) bond motifs is 1.